The number of ether oxygens (including phenoxy) is 1. The summed E-state index contributed by atoms with van der Waals surface area (Å²) >= 11 is 3.38. The predicted molar refractivity (Wildman–Crippen MR) is 60.4 cm³/mol. The minimum atomic E-state index is -0.255. The second-order valence-electron chi connectivity index (χ2n) is 3.11. The molecule has 1 aromatic heterocycles. The van der Waals surface area contributed by atoms with Crippen LogP contribution in [0.4, 0.5) is 0 Å². The van der Waals surface area contributed by atoms with Gasteiger partial charge in [-0.1, -0.05) is 0 Å². The molecule has 15 heavy (non-hydrogen) atoms. The van der Waals surface area contributed by atoms with Crippen LogP contribution in [0.3, 0.4) is 0 Å². The maximum absolute atomic E-state index is 11.2. The van der Waals surface area contributed by atoms with Crippen LogP contribution in [0.15, 0.2) is 22.9 Å². The van der Waals surface area contributed by atoms with Crippen molar-refractivity contribution in [1.82, 2.24) is 4.98 Å². The van der Waals surface area contributed by atoms with E-state index in [4.69, 9.17) is 5.73 Å². The number of methoxy groups -OCH3 is 1. The van der Waals surface area contributed by atoms with E-state index in [1.54, 1.807) is 12.4 Å². The number of nitrogens with two attached hydrogens (primary N) is 1. The molecular formula is C10H13BrN2O2. The summed E-state index contributed by atoms with van der Waals surface area (Å²) in [4.78, 5) is 15.1. The van der Waals surface area contributed by atoms with Gasteiger partial charge >= 0.3 is 5.97 Å². The van der Waals surface area contributed by atoms with Crippen LogP contribution in [0.2, 0.25) is 0 Å². The quantitative estimate of drug-likeness (QED) is 0.843. The highest BCUT2D eigenvalue weighted by Crippen LogP contribution is 2.25. The lowest BCUT2D eigenvalue weighted by atomic mass is 9.97. The van der Waals surface area contributed by atoms with E-state index >= 15 is 0 Å². The van der Waals surface area contributed by atoms with E-state index in [1.807, 2.05) is 6.07 Å². The summed E-state index contributed by atoms with van der Waals surface area (Å²) in [5.74, 6) is -0.288. The molecule has 0 saturated heterocycles. The van der Waals surface area contributed by atoms with Gasteiger partial charge in [0.25, 0.3) is 0 Å². The number of halogens is 1. The first-order chi connectivity index (χ1) is 7.19. The van der Waals surface area contributed by atoms with Crippen LogP contribution in [0.25, 0.3) is 0 Å². The summed E-state index contributed by atoms with van der Waals surface area (Å²) in [7, 11) is 1.37. The molecule has 0 radical (unpaired) electrons. The molecular weight excluding hydrogens is 260 g/mol. The van der Waals surface area contributed by atoms with E-state index in [1.165, 1.54) is 7.11 Å². The molecule has 5 heteroatoms. The lowest BCUT2D eigenvalue weighted by Crippen LogP contribution is -2.17. The summed E-state index contributed by atoms with van der Waals surface area (Å²) in [6.45, 7) is 0.401. The van der Waals surface area contributed by atoms with Crippen molar-refractivity contribution < 1.29 is 9.53 Å². The summed E-state index contributed by atoms with van der Waals surface area (Å²) in [5.41, 5.74) is 6.61. The van der Waals surface area contributed by atoms with Gasteiger partial charge in [-0.05, 0) is 34.1 Å². The predicted octanol–water partition coefficient (Wildman–Crippen LogP) is 1.45. The van der Waals surface area contributed by atoms with Crippen molar-refractivity contribution in [3.05, 3.63) is 28.5 Å². The van der Waals surface area contributed by atoms with Gasteiger partial charge in [0.15, 0.2) is 0 Å². The average Bonchev–Trinajstić information content (AvgIpc) is 2.26. The number of aromatic nitrogens is 1. The first-order valence-electron chi connectivity index (χ1n) is 4.55. The van der Waals surface area contributed by atoms with Gasteiger partial charge in [-0.2, -0.15) is 0 Å². The third-order valence-corrected chi connectivity index (χ3v) is 2.83. The van der Waals surface area contributed by atoms with Gasteiger partial charge in [0, 0.05) is 22.8 Å². The van der Waals surface area contributed by atoms with Gasteiger partial charge in [0.05, 0.1) is 13.5 Å². The highest BCUT2D eigenvalue weighted by molar-refractivity contribution is 9.10. The monoisotopic (exact) mass is 272 g/mol. The summed E-state index contributed by atoms with van der Waals surface area (Å²) in [5, 5.41) is 0. The molecule has 0 aliphatic rings. The molecule has 1 atom stereocenters. The summed E-state index contributed by atoms with van der Waals surface area (Å²) in [6.07, 6.45) is 3.66. The fourth-order valence-electron chi connectivity index (χ4n) is 1.32. The zero-order valence-electron chi connectivity index (χ0n) is 8.44. The number of hydrogen-bond acceptors (Lipinski definition) is 4. The van der Waals surface area contributed by atoms with Crippen LogP contribution in [-0.2, 0) is 9.53 Å². The first kappa shape index (κ1) is 12.1. The molecule has 1 rings (SSSR count). The average molecular weight is 273 g/mol. The number of nitrogens with zero attached hydrogens (tertiary/aromatic N) is 1. The Kier molecular flexibility index (Phi) is 4.71. The first-order valence-corrected chi connectivity index (χ1v) is 5.34. The second kappa shape index (κ2) is 5.82. The fourth-order valence-corrected chi connectivity index (χ4v) is 1.90. The fraction of sp³-hybridized carbons (Fsp3) is 0.400. The van der Waals surface area contributed by atoms with Gasteiger partial charge in [0.2, 0.25) is 0 Å². The lowest BCUT2D eigenvalue weighted by Gasteiger charge is -2.14. The lowest BCUT2D eigenvalue weighted by molar-refractivity contribution is -0.141. The number of carbonyl (C=O) groups excluding carboxylic acids is 1. The molecule has 1 heterocycles. The smallest absolute Gasteiger partial charge is 0.306 e. The number of carbonyl (C=O) groups is 1. The van der Waals surface area contributed by atoms with Crippen LogP contribution in [0.5, 0.6) is 0 Å². The molecule has 1 aromatic rings. The van der Waals surface area contributed by atoms with E-state index in [9.17, 15) is 4.79 Å². The Balaban J connectivity index is 2.83. The number of hydrogen-bond donors (Lipinski definition) is 1. The maximum atomic E-state index is 11.2. The Hall–Kier alpha value is -0.940. The highest BCUT2D eigenvalue weighted by atomic mass is 79.9. The zero-order valence-corrected chi connectivity index (χ0v) is 10.0. The number of esters is 1. The molecule has 0 aliphatic heterocycles. The van der Waals surface area contributed by atoms with Crippen LogP contribution >= 0.6 is 15.9 Å². The molecule has 0 fully saturated rings. The van der Waals surface area contributed by atoms with Crippen molar-refractivity contribution in [3.63, 3.8) is 0 Å². The van der Waals surface area contributed by atoms with Crippen LogP contribution in [-0.4, -0.2) is 24.6 Å². The van der Waals surface area contributed by atoms with Gasteiger partial charge in [-0.3, -0.25) is 9.78 Å². The van der Waals surface area contributed by atoms with Crippen molar-refractivity contribution in [2.24, 2.45) is 5.73 Å². The topological polar surface area (TPSA) is 65.2 Å². The maximum Gasteiger partial charge on any atom is 0.306 e. The van der Waals surface area contributed by atoms with E-state index in [0.717, 1.165) is 10.0 Å². The summed E-state index contributed by atoms with van der Waals surface area (Å²) in [6, 6.07) is 1.85. The minimum Gasteiger partial charge on any atom is -0.469 e. The SMILES string of the molecule is COC(=O)CC(CN)c1ccncc1Br. The Morgan fingerprint density at radius 1 is 1.73 bits per heavy atom. The van der Waals surface area contributed by atoms with Gasteiger partial charge in [-0.25, -0.2) is 0 Å². The van der Waals surface area contributed by atoms with Crippen LogP contribution < -0.4 is 5.73 Å². The molecule has 0 bridgehead atoms. The van der Waals surface area contributed by atoms with E-state index in [0.29, 0.717) is 6.54 Å². The van der Waals surface area contributed by atoms with Crippen molar-refractivity contribution in [2.45, 2.75) is 12.3 Å². The molecule has 4 nitrogen and oxygen atoms in total. The molecule has 0 aromatic carbocycles. The Bertz CT molecular complexity index is 344. The molecule has 0 aliphatic carbocycles. The largest absolute Gasteiger partial charge is 0.469 e. The molecule has 0 saturated carbocycles. The highest BCUT2D eigenvalue weighted by Gasteiger charge is 2.17. The standard InChI is InChI=1S/C10H13BrN2O2/c1-15-10(14)4-7(5-12)8-2-3-13-6-9(8)11/h2-3,6-7H,4-5,12H2,1H3. The Labute approximate surface area is 97.0 Å². The third-order valence-electron chi connectivity index (χ3n) is 2.17. The zero-order chi connectivity index (χ0) is 11.3. The number of pyridine rings is 1. The van der Waals surface area contributed by atoms with E-state index in [-0.39, 0.29) is 18.3 Å². The third kappa shape index (κ3) is 3.28. The van der Waals surface area contributed by atoms with Crippen molar-refractivity contribution in [3.8, 4) is 0 Å². The van der Waals surface area contributed by atoms with Crippen molar-refractivity contribution in [1.29, 1.82) is 0 Å². The molecule has 0 spiro atoms. The van der Waals surface area contributed by atoms with Gasteiger partial charge < -0.3 is 10.5 Å². The Morgan fingerprint density at radius 2 is 2.47 bits per heavy atom. The van der Waals surface area contributed by atoms with Crippen molar-refractivity contribution in [2.75, 3.05) is 13.7 Å². The Morgan fingerprint density at radius 3 is 3.00 bits per heavy atom. The molecule has 1 unspecified atom stereocenters. The second-order valence-corrected chi connectivity index (χ2v) is 3.96. The van der Waals surface area contributed by atoms with Crippen molar-refractivity contribution >= 4 is 21.9 Å². The summed E-state index contributed by atoms with van der Waals surface area (Å²) < 4.78 is 5.48. The normalized spacial score (nSPS) is 12.2. The molecule has 0 amide bonds. The molecule has 2 N–H and O–H groups in total. The minimum absolute atomic E-state index is 0.0326. The molecule has 82 valence electrons. The van der Waals surface area contributed by atoms with E-state index in [2.05, 4.69) is 25.7 Å². The van der Waals surface area contributed by atoms with Gasteiger partial charge in [-0.15, -0.1) is 0 Å². The van der Waals surface area contributed by atoms with Gasteiger partial charge in [0.1, 0.15) is 0 Å². The van der Waals surface area contributed by atoms with E-state index < -0.39 is 0 Å². The number of rotatable bonds is 4. The van der Waals surface area contributed by atoms with Crippen LogP contribution in [0.1, 0.15) is 17.9 Å². The van der Waals surface area contributed by atoms with Crippen LogP contribution in [0, 0.1) is 0 Å².